The largest absolute Gasteiger partial charge is 0.508 e. The van der Waals surface area contributed by atoms with Gasteiger partial charge in [-0.3, -0.25) is 9.88 Å². The van der Waals surface area contributed by atoms with E-state index in [-0.39, 0.29) is 0 Å². The summed E-state index contributed by atoms with van der Waals surface area (Å²) in [5, 5.41) is 9.37. The highest BCUT2D eigenvalue weighted by atomic mass is 16.3. The second-order valence-electron chi connectivity index (χ2n) is 5.99. The molecule has 1 N–H and O–H groups in total. The van der Waals surface area contributed by atoms with E-state index in [0.29, 0.717) is 5.75 Å². The molecule has 1 saturated heterocycles. The van der Waals surface area contributed by atoms with Gasteiger partial charge < -0.3 is 10.0 Å². The van der Waals surface area contributed by atoms with Crippen LogP contribution < -0.4 is 4.90 Å². The van der Waals surface area contributed by atoms with E-state index >= 15 is 0 Å². The molecule has 1 aliphatic rings. The van der Waals surface area contributed by atoms with Crippen molar-refractivity contribution in [2.45, 2.75) is 6.54 Å². The Morgan fingerprint density at radius 3 is 2.38 bits per heavy atom. The molecular formula is C18H19N5O. The second-order valence-corrected chi connectivity index (χ2v) is 5.99. The molecule has 0 spiro atoms. The molecule has 1 fully saturated rings. The Labute approximate surface area is 140 Å². The normalized spacial score (nSPS) is 15.8. The van der Waals surface area contributed by atoms with Crippen molar-refractivity contribution in [1.29, 1.82) is 0 Å². The molecule has 1 aliphatic heterocycles. The minimum absolute atomic E-state index is 0.312. The van der Waals surface area contributed by atoms with Crippen molar-refractivity contribution in [3.63, 3.8) is 0 Å². The van der Waals surface area contributed by atoms with Crippen LogP contribution in [0.4, 0.5) is 5.82 Å². The molecule has 0 atom stereocenters. The lowest BCUT2D eigenvalue weighted by Crippen LogP contribution is -2.46. The van der Waals surface area contributed by atoms with E-state index in [2.05, 4.69) is 24.8 Å². The first-order chi connectivity index (χ1) is 11.8. The standard InChI is InChI=1S/C18H19N5O/c24-15-3-1-14(2-4-15)13-22-9-11-23(12-10-22)18-17-16(5-6-21-18)19-7-8-20-17/h1-8,24H,9-13H2. The molecule has 2 aromatic heterocycles. The third kappa shape index (κ3) is 3.00. The van der Waals surface area contributed by atoms with Gasteiger partial charge in [0.15, 0.2) is 5.82 Å². The first-order valence-electron chi connectivity index (χ1n) is 8.10. The zero-order valence-corrected chi connectivity index (χ0v) is 13.3. The van der Waals surface area contributed by atoms with Crippen LogP contribution in [0.3, 0.4) is 0 Å². The van der Waals surface area contributed by atoms with E-state index in [1.54, 1.807) is 30.7 Å². The van der Waals surface area contributed by atoms with Crippen molar-refractivity contribution in [3.05, 3.63) is 54.5 Å². The Morgan fingerprint density at radius 2 is 1.58 bits per heavy atom. The van der Waals surface area contributed by atoms with Crippen molar-refractivity contribution < 1.29 is 5.11 Å². The fourth-order valence-corrected chi connectivity index (χ4v) is 3.09. The third-order valence-electron chi connectivity index (χ3n) is 4.38. The van der Waals surface area contributed by atoms with E-state index in [0.717, 1.165) is 49.6 Å². The Morgan fingerprint density at radius 1 is 0.833 bits per heavy atom. The van der Waals surface area contributed by atoms with Gasteiger partial charge in [0.1, 0.15) is 11.3 Å². The summed E-state index contributed by atoms with van der Waals surface area (Å²) in [4.78, 5) is 18.0. The van der Waals surface area contributed by atoms with Crippen LogP contribution in [0.5, 0.6) is 5.75 Å². The molecule has 0 aliphatic carbocycles. The minimum atomic E-state index is 0.312. The molecule has 0 saturated carbocycles. The van der Waals surface area contributed by atoms with Crippen molar-refractivity contribution in [1.82, 2.24) is 19.9 Å². The number of aromatic hydroxyl groups is 1. The maximum Gasteiger partial charge on any atom is 0.156 e. The number of rotatable bonds is 3. The molecule has 6 nitrogen and oxygen atoms in total. The van der Waals surface area contributed by atoms with Gasteiger partial charge in [0.25, 0.3) is 0 Å². The van der Waals surface area contributed by atoms with Gasteiger partial charge in [0.05, 0.1) is 5.52 Å². The number of hydrogen-bond donors (Lipinski definition) is 1. The molecule has 0 radical (unpaired) electrons. The lowest BCUT2D eigenvalue weighted by Gasteiger charge is -2.35. The summed E-state index contributed by atoms with van der Waals surface area (Å²) in [6.45, 7) is 4.68. The Balaban J connectivity index is 1.45. The van der Waals surface area contributed by atoms with Crippen molar-refractivity contribution in [3.8, 4) is 5.75 Å². The van der Waals surface area contributed by atoms with Gasteiger partial charge in [-0.05, 0) is 23.8 Å². The number of piperazine rings is 1. The summed E-state index contributed by atoms with van der Waals surface area (Å²) in [5.41, 5.74) is 2.97. The van der Waals surface area contributed by atoms with Gasteiger partial charge in [-0.25, -0.2) is 9.97 Å². The fourth-order valence-electron chi connectivity index (χ4n) is 3.09. The van der Waals surface area contributed by atoms with E-state index in [1.807, 2.05) is 18.2 Å². The molecule has 0 bridgehead atoms. The van der Waals surface area contributed by atoms with Gasteiger partial charge in [0, 0.05) is 51.3 Å². The molecule has 0 unspecified atom stereocenters. The predicted octanol–water partition coefficient (Wildman–Crippen LogP) is 2.05. The number of pyridine rings is 1. The van der Waals surface area contributed by atoms with Gasteiger partial charge >= 0.3 is 0 Å². The highest BCUT2D eigenvalue weighted by Gasteiger charge is 2.20. The topological polar surface area (TPSA) is 65.4 Å². The lowest BCUT2D eigenvalue weighted by molar-refractivity contribution is 0.249. The zero-order chi connectivity index (χ0) is 16.4. The van der Waals surface area contributed by atoms with Gasteiger partial charge in [-0.2, -0.15) is 0 Å². The average molecular weight is 321 g/mol. The number of benzene rings is 1. The summed E-state index contributed by atoms with van der Waals surface area (Å²) >= 11 is 0. The Bertz CT molecular complexity index is 823. The molecule has 0 amide bonds. The maximum absolute atomic E-state index is 9.37. The smallest absolute Gasteiger partial charge is 0.156 e. The minimum Gasteiger partial charge on any atom is -0.508 e. The van der Waals surface area contributed by atoms with Crippen molar-refractivity contribution >= 4 is 16.9 Å². The number of aromatic nitrogens is 3. The Hall–Kier alpha value is -2.73. The molecular weight excluding hydrogens is 302 g/mol. The van der Waals surface area contributed by atoms with Crippen LogP contribution in [-0.2, 0) is 6.54 Å². The van der Waals surface area contributed by atoms with E-state index in [1.165, 1.54) is 5.56 Å². The number of phenolic OH excluding ortho intramolecular Hbond substituents is 1. The summed E-state index contributed by atoms with van der Waals surface area (Å²) < 4.78 is 0. The SMILES string of the molecule is Oc1ccc(CN2CCN(c3nccc4nccnc34)CC2)cc1. The van der Waals surface area contributed by atoms with Crippen LogP contribution in [0, 0.1) is 0 Å². The summed E-state index contributed by atoms with van der Waals surface area (Å²) in [6, 6.07) is 9.33. The highest BCUT2D eigenvalue weighted by Crippen LogP contribution is 2.22. The van der Waals surface area contributed by atoms with Crippen LogP contribution in [0.1, 0.15) is 5.56 Å². The monoisotopic (exact) mass is 321 g/mol. The molecule has 1 aromatic carbocycles. The van der Waals surface area contributed by atoms with Gasteiger partial charge in [-0.15, -0.1) is 0 Å². The maximum atomic E-state index is 9.37. The van der Waals surface area contributed by atoms with Crippen LogP contribution in [0.25, 0.3) is 11.0 Å². The summed E-state index contributed by atoms with van der Waals surface area (Å²) in [6.07, 6.45) is 5.23. The number of hydrogen-bond acceptors (Lipinski definition) is 6. The zero-order valence-electron chi connectivity index (χ0n) is 13.3. The predicted molar refractivity (Wildman–Crippen MR) is 92.9 cm³/mol. The first kappa shape index (κ1) is 14.8. The van der Waals surface area contributed by atoms with Gasteiger partial charge in [-0.1, -0.05) is 12.1 Å². The van der Waals surface area contributed by atoms with Gasteiger partial charge in [0.2, 0.25) is 0 Å². The number of anilines is 1. The average Bonchev–Trinajstić information content (AvgIpc) is 2.64. The lowest BCUT2D eigenvalue weighted by atomic mass is 10.2. The van der Waals surface area contributed by atoms with Crippen LogP contribution in [0.2, 0.25) is 0 Å². The third-order valence-corrected chi connectivity index (χ3v) is 4.38. The van der Waals surface area contributed by atoms with E-state index in [9.17, 15) is 5.11 Å². The van der Waals surface area contributed by atoms with E-state index < -0.39 is 0 Å². The van der Waals surface area contributed by atoms with Crippen molar-refractivity contribution in [2.75, 3.05) is 31.1 Å². The summed E-state index contributed by atoms with van der Waals surface area (Å²) in [7, 11) is 0. The first-order valence-corrected chi connectivity index (χ1v) is 8.10. The molecule has 4 rings (SSSR count). The van der Waals surface area contributed by atoms with Crippen molar-refractivity contribution in [2.24, 2.45) is 0 Å². The Kier molecular flexibility index (Phi) is 3.96. The molecule has 6 heteroatoms. The molecule has 24 heavy (non-hydrogen) atoms. The second kappa shape index (κ2) is 6.41. The molecule has 3 aromatic rings. The molecule has 122 valence electrons. The quantitative estimate of drug-likeness (QED) is 0.796. The molecule has 3 heterocycles. The highest BCUT2D eigenvalue weighted by molar-refractivity contribution is 5.85. The fraction of sp³-hybridized carbons (Fsp3) is 0.278. The van der Waals surface area contributed by atoms with Crippen LogP contribution in [0.15, 0.2) is 48.9 Å². The summed E-state index contributed by atoms with van der Waals surface area (Å²) in [5.74, 6) is 1.23. The van der Waals surface area contributed by atoms with Crippen LogP contribution >= 0.6 is 0 Å². The van der Waals surface area contributed by atoms with Crippen LogP contribution in [-0.4, -0.2) is 51.1 Å². The van der Waals surface area contributed by atoms with E-state index in [4.69, 9.17) is 0 Å². The number of fused-ring (bicyclic) bond motifs is 1. The number of phenols is 1. The number of nitrogens with zero attached hydrogens (tertiary/aromatic N) is 5.